The van der Waals surface area contributed by atoms with E-state index in [1.165, 1.54) is 6.07 Å². The quantitative estimate of drug-likeness (QED) is 0.336. The molecule has 194 valence electrons. The summed E-state index contributed by atoms with van der Waals surface area (Å²) >= 11 is 0. The van der Waals surface area contributed by atoms with Gasteiger partial charge in [0.2, 0.25) is 0 Å². The van der Waals surface area contributed by atoms with Crippen molar-refractivity contribution in [2.45, 2.75) is 31.9 Å². The zero-order chi connectivity index (χ0) is 26.1. The van der Waals surface area contributed by atoms with Crippen molar-refractivity contribution in [3.63, 3.8) is 0 Å². The summed E-state index contributed by atoms with van der Waals surface area (Å²) in [6.45, 7) is 2.07. The first-order valence-corrected chi connectivity index (χ1v) is 12.6. The summed E-state index contributed by atoms with van der Waals surface area (Å²) in [6.07, 6.45) is 5.70. The zero-order valence-electron chi connectivity index (χ0n) is 21.0. The third-order valence-electron chi connectivity index (χ3n) is 7.18. The van der Waals surface area contributed by atoms with Crippen molar-refractivity contribution >= 4 is 10.9 Å². The lowest BCUT2D eigenvalue weighted by molar-refractivity contribution is 0.194. The number of likely N-dealkylation sites (tertiary alicyclic amines) is 1. The molecule has 0 amide bonds. The van der Waals surface area contributed by atoms with E-state index in [1.807, 2.05) is 30.5 Å². The third-order valence-corrected chi connectivity index (χ3v) is 7.18. The predicted octanol–water partition coefficient (Wildman–Crippen LogP) is 4.23. The summed E-state index contributed by atoms with van der Waals surface area (Å²) < 4.78 is 21.7. The third kappa shape index (κ3) is 4.64. The molecule has 2 aromatic carbocycles. The minimum atomic E-state index is -0.244. The van der Waals surface area contributed by atoms with Gasteiger partial charge in [-0.25, -0.2) is 9.07 Å². The molecule has 0 aliphatic carbocycles. The van der Waals surface area contributed by atoms with Crippen LogP contribution in [0.5, 0.6) is 5.75 Å². The lowest BCUT2D eigenvalue weighted by Crippen LogP contribution is -2.34. The second-order valence-electron chi connectivity index (χ2n) is 9.58. The number of benzene rings is 2. The van der Waals surface area contributed by atoms with E-state index >= 15 is 0 Å². The van der Waals surface area contributed by atoms with Crippen LogP contribution in [0, 0.1) is 5.82 Å². The molecular weight excluding hydrogens is 485 g/mol. The Kier molecular flexibility index (Phi) is 6.57. The molecule has 1 aliphatic rings. The predicted molar refractivity (Wildman–Crippen MR) is 140 cm³/mol. The monoisotopic (exact) mass is 513 g/mol. The number of pyridine rings is 1. The molecule has 38 heavy (non-hydrogen) atoms. The molecule has 10 heteroatoms. The van der Waals surface area contributed by atoms with Crippen LogP contribution in [0.2, 0.25) is 0 Å². The Bertz CT molecular complexity index is 1560. The highest BCUT2D eigenvalue weighted by Crippen LogP contribution is 2.31. The molecule has 6 rings (SSSR count). The molecule has 0 unspecified atom stereocenters. The summed E-state index contributed by atoms with van der Waals surface area (Å²) in [5, 5.41) is 26.7. The van der Waals surface area contributed by atoms with Gasteiger partial charge in [0.25, 0.3) is 0 Å². The maximum Gasteiger partial charge on any atom is 0.131 e. The first-order chi connectivity index (χ1) is 18.6. The molecule has 0 radical (unpaired) electrons. The van der Waals surface area contributed by atoms with Crippen molar-refractivity contribution in [1.82, 2.24) is 35.1 Å². The van der Waals surface area contributed by atoms with Crippen molar-refractivity contribution in [2.75, 3.05) is 20.2 Å². The van der Waals surface area contributed by atoms with Gasteiger partial charge in [0.05, 0.1) is 42.5 Å². The van der Waals surface area contributed by atoms with Crippen LogP contribution < -0.4 is 4.74 Å². The van der Waals surface area contributed by atoms with Gasteiger partial charge in [-0.3, -0.25) is 15.0 Å². The number of piperidine rings is 1. The maximum atomic E-state index is 14.5. The van der Waals surface area contributed by atoms with Crippen LogP contribution in [-0.2, 0) is 13.2 Å². The van der Waals surface area contributed by atoms with Gasteiger partial charge in [0.1, 0.15) is 17.3 Å². The van der Waals surface area contributed by atoms with E-state index in [2.05, 4.69) is 30.4 Å². The molecule has 1 saturated heterocycles. The van der Waals surface area contributed by atoms with Crippen molar-refractivity contribution in [3.8, 4) is 22.7 Å². The molecule has 0 bridgehead atoms. The van der Waals surface area contributed by atoms with Crippen LogP contribution in [-0.4, -0.2) is 60.4 Å². The molecule has 1 aliphatic heterocycles. The Balaban J connectivity index is 1.22. The van der Waals surface area contributed by atoms with Crippen LogP contribution in [0.3, 0.4) is 0 Å². The topological polar surface area (TPSA) is 105 Å². The molecule has 5 aromatic rings. The number of hydrogen-bond acceptors (Lipinski definition) is 7. The van der Waals surface area contributed by atoms with Gasteiger partial charge in [-0.1, -0.05) is 11.3 Å². The summed E-state index contributed by atoms with van der Waals surface area (Å²) in [5.74, 6) is 0.540. The number of fused-ring (bicyclic) bond motifs is 1. The van der Waals surface area contributed by atoms with Gasteiger partial charge in [-0.2, -0.15) is 5.10 Å². The number of nitrogens with one attached hydrogen (secondary N) is 1. The molecule has 1 atom stereocenters. The average Bonchev–Trinajstić information content (AvgIpc) is 3.62. The van der Waals surface area contributed by atoms with E-state index in [0.29, 0.717) is 23.6 Å². The number of methoxy groups -OCH3 is 1. The Hall–Kier alpha value is -4.15. The Morgan fingerprint density at radius 1 is 1.18 bits per heavy atom. The lowest BCUT2D eigenvalue weighted by Gasteiger charge is -2.32. The number of aromatic nitrogens is 6. The van der Waals surface area contributed by atoms with Crippen molar-refractivity contribution in [3.05, 3.63) is 83.7 Å². The van der Waals surface area contributed by atoms with E-state index in [9.17, 15) is 9.50 Å². The summed E-state index contributed by atoms with van der Waals surface area (Å²) in [6, 6.07) is 14.6. The van der Waals surface area contributed by atoms with E-state index in [4.69, 9.17) is 4.74 Å². The van der Waals surface area contributed by atoms with Gasteiger partial charge >= 0.3 is 0 Å². The van der Waals surface area contributed by atoms with Gasteiger partial charge in [0.15, 0.2) is 0 Å². The van der Waals surface area contributed by atoms with Crippen LogP contribution in [0.4, 0.5) is 4.39 Å². The highest BCUT2D eigenvalue weighted by molar-refractivity contribution is 5.93. The van der Waals surface area contributed by atoms with Crippen LogP contribution in [0.25, 0.3) is 27.8 Å². The second-order valence-corrected chi connectivity index (χ2v) is 9.58. The number of nitrogens with zero attached hydrogens (tertiary/aromatic N) is 6. The lowest BCUT2D eigenvalue weighted by atomic mass is 9.95. The Labute approximate surface area is 218 Å². The molecule has 1 fully saturated rings. The minimum Gasteiger partial charge on any atom is -0.496 e. The number of hydrogen-bond donors (Lipinski definition) is 2. The van der Waals surface area contributed by atoms with E-state index < -0.39 is 0 Å². The van der Waals surface area contributed by atoms with Gasteiger partial charge in [-0.15, -0.1) is 5.10 Å². The highest BCUT2D eigenvalue weighted by atomic mass is 19.1. The Morgan fingerprint density at radius 3 is 2.92 bits per heavy atom. The molecule has 0 saturated carbocycles. The zero-order valence-corrected chi connectivity index (χ0v) is 21.0. The molecule has 9 nitrogen and oxygen atoms in total. The number of aromatic amines is 1. The number of aliphatic hydroxyl groups excluding tert-OH is 1. The second kappa shape index (κ2) is 10.3. The van der Waals surface area contributed by atoms with Gasteiger partial charge in [-0.05, 0) is 61.9 Å². The Morgan fingerprint density at radius 2 is 2.11 bits per heavy atom. The summed E-state index contributed by atoms with van der Waals surface area (Å²) in [4.78, 5) is 6.54. The first-order valence-electron chi connectivity index (χ1n) is 12.6. The first kappa shape index (κ1) is 24.2. The minimum absolute atomic E-state index is 0.101. The number of halogens is 1. The van der Waals surface area contributed by atoms with E-state index in [-0.39, 0.29) is 18.3 Å². The molecule has 3 aromatic heterocycles. The summed E-state index contributed by atoms with van der Waals surface area (Å²) in [5.41, 5.74) is 5.55. The normalized spacial score (nSPS) is 16.2. The SMILES string of the molecule is COc1cccc(F)c1CN1CCC[C@@H](c2cn(-c3ccc4[nH]nc(-c5ccc(CO)nc5)c4c3)nn2)C1. The standard InChI is InChI=1S/C28H28FN7O2/c1-38-27-6-2-5-24(29)23(27)15-35-11-3-4-19(14-35)26-16-36(34-32-26)21-9-10-25-22(12-21)28(33-31-25)18-7-8-20(17-37)30-13-18/h2,5-10,12-13,16,19,37H,3-4,11,14-15,17H2,1H3,(H,31,33)/t19-/m1/s1. The van der Waals surface area contributed by atoms with Crippen molar-refractivity contribution in [2.24, 2.45) is 0 Å². The smallest absolute Gasteiger partial charge is 0.131 e. The van der Waals surface area contributed by atoms with Crippen LogP contribution in [0.15, 0.2) is 60.9 Å². The van der Waals surface area contributed by atoms with Gasteiger partial charge in [0, 0.05) is 41.7 Å². The molecule has 0 spiro atoms. The van der Waals surface area contributed by atoms with Crippen molar-refractivity contribution in [1.29, 1.82) is 0 Å². The fourth-order valence-corrected chi connectivity index (χ4v) is 5.16. The average molecular weight is 514 g/mol. The van der Waals surface area contributed by atoms with Gasteiger partial charge < -0.3 is 9.84 Å². The number of aliphatic hydroxyl groups is 1. The fourth-order valence-electron chi connectivity index (χ4n) is 5.16. The molecular formula is C28H28FN7O2. The number of ether oxygens (including phenoxy) is 1. The number of H-pyrrole nitrogens is 1. The van der Waals surface area contributed by atoms with E-state index in [0.717, 1.165) is 59.5 Å². The largest absolute Gasteiger partial charge is 0.496 e. The summed E-state index contributed by atoms with van der Waals surface area (Å²) in [7, 11) is 1.57. The maximum absolute atomic E-state index is 14.5. The highest BCUT2D eigenvalue weighted by Gasteiger charge is 2.25. The van der Waals surface area contributed by atoms with Crippen molar-refractivity contribution < 1.29 is 14.2 Å². The number of rotatable bonds is 7. The fraction of sp³-hybridized carbons (Fsp3) is 0.286. The van der Waals surface area contributed by atoms with Crippen LogP contribution in [0.1, 0.15) is 35.7 Å². The molecule has 2 N–H and O–H groups in total. The molecule has 4 heterocycles. The van der Waals surface area contributed by atoms with Crippen LogP contribution >= 0.6 is 0 Å². The van der Waals surface area contributed by atoms with E-state index in [1.54, 1.807) is 36.2 Å².